The molecule has 5 rings (SSSR count). The van der Waals surface area contributed by atoms with Crippen LogP contribution in [0.5, 0.6) is 5.75 Å². The molecule has 3 aromatic rings. The number of H-pyrrole nitrogens is 1. The maximum Gasteiger partial charge on any atom is 0.273 e. The Labute approximate surface area is 189 Å². The first-order valence-electron chi connectivity index (χ1n) is 12.0. The summed E-state index contributed by atoms with van der Waals surface area (Å²) in [6.45, 7) is 2.94. The number of amides is 1. The first-order valence-corrected chi connectivity index (χ1v) is 12.0. The lowest BCUT2D eigenvalue weighted by molar-refractivity contribution is 0.0660. The quantitative estimate of drug-likeness (QED) is 0.438. The van der Waals surface area contributed by atoms with Gasteiger partial charge in [0.05, 0.1) is 18.3 Å². The Hall–Kier alpha value is -3.08. The minimum Gasteiger partial charge on any atom is -0.494 e. The summed E-state index contributed by atoms with van der Waals surface area (Å²) in [5.41, 5.74) is 4.67. The fraction of sp³-hybridized carbons (Fsp3) is 0.407. The van der Waals surface area contributed by atoms with Crippen LogP contribution in [0.15, 0.2) is 54.6 Å². The van der Waals surface area contributed by atoms with Crippen molar-refractivity contribution in [1.82, 2.24) is 15.1 Å². The van der Waals surface area contributed by atoms with Gasteiger partial charge in [-0.15, -0.1) is 0 Å². The van der Waals surface area contributed by atoms with E-state index in [1.54, 1.807) is 0 Å². The van der Waals surface area contributed by atoms with Gasteiger partial charge in [-0.2, -0.15) is 5.10 Å². The molecule has 1 amide bonds. The van der Waals surface area contributed by atoms with Crippen LogP contribution in [0.1, 0.15) is 79.5 Å². The number of carbonyl (C=O) groups excluding carboxylic acids is 1. The molecule has 2 aliphatic rings. The molecule has 0 radical (unpaired) electrons. The lowest BCUT2D eigenvalue weighted by atomic mass is 9.95. The fourth-order valence-electron chi connectivity index (χ4n) is 5.16. The molecule has 1 atom stereocenters. The number of unbranched alkanes of at least 4 members (excludes halogenated alkanes) is 2. The van der Waals surface area contributed by atoms with Crippen molar-refractivity contribution in [2.45, 2.75) is 64.0 Å². The number of hydrogen-bond donors (Lipinski definition) is 1. The van der Waals surface area contributed by atoms with E-state index in [0.717, 1.165) is 54.0 Å². The number of hydrogen-bond acceptors (Lipinski definition) is 3. The van der Waals surface area contributed by atoms with Gasteiger partial charge in [0, 0.05) is 17.2 Å². The Balaban J connectivity index is 1.50. The van der Waals surface area contributed by atoms with Crippen LogP contribution in [-0.2, 0) is 0 Å². The smallest absolute Gasteiger partial charge is 0.273 e. The van der Waals surface area contributed by atoms with Crippen LogP contribution in [0.4, 0.5) is 0 Å². The van der Waals surface area contributed by atoms with E-state index in [0.29, 0.717) is 5.69 Å². The van der Waals surface area contributed by atoms with Crippen LogP contribution in [0.3, 0.4) is 0 Å². The van der Waals surface area contributed by atoms with E-state index in [4.69, 9.17) is 4.74 Å². The molecule has 1 fully saturated rings. The van der Waals surface area contributed by atoms with Crippen molar-refractivity contribution in [3.63, 3.8) is 0 Å². The fourth-order valence-corrected chi connectivity index (χ4v) is 5.16. The first kappa shape index (κ1) is 20.8. The predicted molar refractivity (Wildman–Crippen MR) is 126 cm³/mol. The Morgan fingerprint density at radius 2 is 1.78 bits per heavy atom. The largest absolute Gasteiger partial charge is 0.494 e. The normalized spacial score (nSPS) is 18.3. The Kier molecular flexibility index (Phi) is 5.97. The Bertz CT molecular complexity index is 1050. The van der Waals surface area contributed by atoms with E-state index in [2.05, 4.69) is 46.3 Å². The number of fused-ring (bicyclic) bond motifs is 1. The van der Waals surface area contributed by atoms with Crippen LogP contribution in [-0.4, -0.2) is 33.7 Å². The molecule has 1 saturated carbocycles. The average Bonchev–Trinajstić information content (AvgIpc) is 3.56. The lowest BCUT2D eigenvalue weighted by Gasteiger charge is -2.32. The summed E-state index contributed by atoms with van der Waals surface area (Å²) < 4.78 is 5.92. The lowest BCUT2D eigenvalue weighted by Crippen LogP contribution is -2.37. The Morgan fingerprint density at radius 1 is 1.03 bits per heavy atom. The number of rotatable bonds is 8. The van der Waals surface area contributed by atoms with Gasteiger partial charge < -0.3 is 9.64 Å². The van der Waals surface area contributed by atoms with Gasteiger partial charge in [0.15, 0.2) is 0 Å². The van der Waals surface area contributed by atoms with Crippen LogP contribution < -0.4 is 4.74 Å². The zero-order valence-corrected chi connectivity index (χ0v) is 18.7. The highest BCUT2D eigenvalue weighted by atomic mass is 16.5. The van der Waals surface area contributed by atoms with Gasteiger partial charge in [0.1, 0.15) is 11.4 Å². The number of nitrogens with zero attached hydrogens (tertiary/aromatic N) is 2. The predicted octanol–water partition coefficient (Wildman–Crippen LogP) is 6.13. The van der Waals surface area contributed by atoms with E-state index >= 15 is 0 Å². The summed E-state index contributed by atoms with van der Waals surface area (Å²) in [5.74, 6) is 0.962. The van der Waals surface area contributed by atoms with Crippen molar-refractivity contribution in [1.29, 1.82) is 0 Å². The molecule has 0 saturated heterocycles. The molecule has 0 bridgehead atoms. The number of ether oxygens (including phenoxy) is 1. The van der Waals surface area contributed by atoms with Crippen molar-refractivity contribution in [2.24, 2.45) is 0 Å². The molecule has 2 aromatic carbocycles. The standard InChI is InChI=1S/C27H31N3O2/c1-2-3-9-18-32-22-16-14-20(15-17-22)26-23-24(19-10-5-4-6-11-19)28-29-25(23)27(31)30(26)21-12-7-8-13-21/h4-6,10-11,14-17,21,26H,2-3,7-9,12-13,18H2,1H3,(H,28,29). The maximum atomic E-state index is 13.5. The molecule has 1 aliphatic carbocycles. The highest BCUT2D eigenvalue weighted by Gasteiger charge is 2.45. The summed E-state index contributed by atoms with van der Waals surface area (Å²) in [7, 11) is 0. The molecule has 1 aliphatic heterocycles. The van der Waals surface area contributed by atoms with E-state index in [1.807, 2.05) is 30.3 Å². The summed E-state index contributed by atoms with van der Waals surface area (Å²) in [6, 6.07) is 18.6. The van der Waals surface area contributed by atoms with Crippen LogP contribution in [0.25, 0.3) is 11.3 Å². The monoisotopic (exact) mass is 429 g/mol. The second-order valence-electron chi connectivity index (χ2n) is 8.90. The Morgan fingerprint density at radius 3 is 2.50 bits per heavy atom. The van der Waals surface area contributed by atoms with Crippen molar-refractivity contribution in [3.8, 4) is 17.0 Å². The molecular formula is C27H31N3O2. The molecule has 2 heterocycles. The van der Waals surface area contributed by atoms with E-state index in [9.17, 15) is 4.79 Å². The van der Waals surface area contributed by atoms with Gasteiger partial charge in [-0.3, -0.25) is 9.89 Å². The minimum absolute atomic E-state index is 0.0754. The minimum atomic E-state index is -0.122. The van der Waals surface area contributed by atoms with Crippen LogP contribution in [0, 0.1) is 0 Å². The van der Waals surface area contributed by atoms with Gasteiger partial charge >= 0.3 is 0 Å². The molecule has 166 valence electrons. The van der Waals surface area contributed by atoms with E-state index < -0.39 is 0 Å². The van der Waals surface area contributed by atoms with Crippen molar-refractivity contribution >= 4 is 5.91 Å². The number of aromatic nitrogens is 2. The summed E-state index contributed by atoms with van der Waals surface area (Å²) in [4.78, 5) is 15.6. The average molecular weight is 430 g/mol. The van der Waals surface area contributed by atoms with Gasteiger partial charge in [-0.05, 0) is 37.0 Å². The van der Waals surface area contributed by atoms with Crippen LogP contribution >= 0.6 is 0 Å². The van der Waals surface area contributed by atoms with Crippen molar-refractivity contribution < 1.29 is 9.53 Å². The maximum absolute atomic E-state index is 13.5. The van der Waals surface area contributed by atoms with Gasteiger partial charge in [0.25, 0.3) is 5.91 Å². The zero-order chi connectivity index (χ0) is 21.9. The SMILES string of the molecule is CCCCCOc1ccc(C2c3c(-c4ccccc4)n[nH]c3C(=O)N2C2CCCC2)cc1. The number of nitrogens with one attached hydrogen (secondary N) is 1. The van der Waals surface area contributed by atoms with Crippen molar-refractivity contribution in [3.05, 3.63) is 71.4 Å². The summed E-state index contributed by atoms with van der Waals surface area (Å²) in [5, 5.41) is 7.65. The van der Waals surface area contributed by atoms with Crippen LogP contribution in [0.2, 0.25) is 0 Å². The first-order chi connectivity index (χ1) is 15.8. The third-order valence-corrected chi connectivity index (χ3v) is 6.78. The summed E-state index contributed by atoms with van der Waals surface area (Å²) >= 11 is 0. The number of benzene rings is 2. The molecular weight excluding hydrogens is 398 g/mol. The highest BCUT2D eigenvalue weighted by molar-refractivity contribution is 6.00. The van der Waals surface area contributed by atoms with Gasteiger partial charge in [-0.25, -0.2) is 0 Å². The number of aromatic amines is 1. The molecule has 1 aromatic heterocycles. The van der Waals surface area contributed by atoms with E-state index in [1.165, 1.54) is 25.7 Å². The third kappa shape index (κ3) is 3.81. The molecule has 32 heavy (non-hydrogen) atoms. The topological polar surface area (TPSA) is 58.2 Å². The third-order valence-electron chi connectivity index (χ3n) is 6.78. The van der Waals surface area contributed by atoms with E-state index in [-0.39, 0.29) is 18.0 Å². The van der Waals surface area contributed by atoms with Gasteiger partial charge in [-0.1, -0.05) is 75.1 Å². The molecule has 0 spiro atoms. The van der Waals surface area contributed by atoms with Crippen molar-refractivity contribution in [2.75, 3.05) is 6.61 Å². The molecule has 5 nitrogen and oxygen atoms in total. The molecule has 1 unspecified atom stereocenters. The molecule has 5 heteroatoms. The number of carbonyl (C=O) groups is 1. The second kappa shape index (κ2) is 9.19. The summed E-state index contributed by atoms with van der Waals surface area (Å²) in [6.07, 6.45) is 7.95. The highest BCUT2D eigenvalue weighted by Crippen LogP contribution is 2.46. The second-order valence-corrected chi connectivity index (χ2v) is 8.90. The molecule has 1 N–H and O–H groups in total. The van der Waals surface area contributed by atoms with Gasteiger partial charge in [0.2, 0.25) is 0 Å². The zero-order valence-electron chi connectivity index (χ0n) is 18.7.